The van der Waals surface area contributed by atoms with E-state index < -0.39 is 0 Å². The van der Waals surface area contributed by atoms with Gasteiger partial charge in [0.05, 0.1) is 13.2 Å². The maximum Gasteiger partial charge on any atom is 0.123 e. The number of aliphatic hydroxyl groups excluding tert-OH is 1. The summed E-state index contributed by atoms with van der Waals surface area (Å²) in [5, 5.41) is 11.9. The Morgan fingerprint density at radius 1 is 1.11 bits per heavy atom. The second-order valence-electron chi connectivity index (χ2n) is 4.17. The number of nitrogens with one attached hydrogen (secondary N) is 1. The molecular formula is C15H19NO3. The lowest BCUT2D eigenvalue weighted by molar-refractivity contribution is 0.201. The first-order chi connectivity index (χ1) is 9.31. The van der Waals surface area contributed by atoms with E-state index in [1.54, 1.807) is 0 Å². The van der Waals surface area contributed by atoms with Crippen molar-refractivity contribution in [2.24, 2.45) is 0 Å². The van der Waals surface area contributed by atoms with Crippen LogP contribution in [-0.2, 0) is 13.0 Å². The molecule has 2 aromatic rings. The molecule has 0 saturated carbocycles. The first kappa shape index (κ1) is 13.5. The third kappa shape index (κ3) is 4.03. The summed E-state index contributed by atoms with van der Waals surface area (Å²) in [6.07, 6.45) is 0.914. The van der Waals surface area contributed by atoms with E-state index in [9.17, 15) is 0 Å². The largest absolute Gasteiger partial charge is 0.491 e. The fourth-order valence-electron chi connectivity index (χ4n) is 1.73. The summed E-state index contributed by atoms with van der Waals surface area (Å²) in [5.74, 6) is 2.69. The normalized spacial score (nSPS) is 10.4. The molecule has 102 valence electrons. The molecule has 4 nitrogen and oxygen atoms in total. The van der Waals surface area contributed by atoms with Crippen molar-refractivity contribution in [3.05, 3.63) is 47.9 Å². The van der Waals surface area contributed by atoms with Crippen LogP contribution in [-0.4, -0.2) is 18.3 Å². The molecule has 0 radical (unpaired) electrons. The summed E-state index contributed by atoms with van der Waals surface area (Å²) < 4.78 is 10.9. The lowest BCUT2D eigenvalue weighted by Crippen LogP contribution is -2.02. The van der Waals surface area contributed by atoms with Crippen molar-refractivity contribution in [2.75, 3.05) is 18.5 Å². The van der Waals surface area contributed by atoms with Crippen LogP contribution >= 0.6 is 0 Å². The van der Waals surface area contributed by atoms with Gasteiger partial charge in [0.25, 0.3) is 0 Å². The number of furan rings is 1. The van der Waals surface area contributed by atoms with E-state index in [0.29, 0.717) is 13.2 Å². The number of ether oxygens (including phenoxy) is 1. The summed E-state index contributed by atoms with van der Waals surface area (Å²) in [5.41, 5.74) is 1.01. The van der Waals surface area contributed by atoms with Crippen molar-refractivity contribution < 1.29 is 14.3 Å². The molecule has 1 heterocycles. The summed E-state index contributed by atoms with van der Waals surface area (Å²) in [4.78, 5) is 0. The van der Waals surface area contributed by atoms with Gasteiger partial charge in [-0.1, -0.05) is 6.92 Å². The molecule has 2 N–H and O–H groups in total. The second kappa shape index (κ2) is 6.85. The van der Waals surface area contributed by atoms with E-state index >= 15 is 0 Å². The average Bonchev–Trinajstić information content (AvgIpc) is 2.92. The summed E-state index contributed by atoms with van der Waals surface area (Å²) in [6.45, 7) is 3.08. The highest BCUT2D eigenvalue weighted by Crippen LogP contribution is 2.17. The standard InChI is InChI=1S/C15H19NO3/c1-2-13-7-8-15(19-13)11-16-12-3-5-14(6-4-12)18-10-9-17/h3-8,16-17H,2,9-11H2,1H3. The molecule has 0 fully saturated rings. The molecule has 0 aliphatic heterocycles. The fourth-order valence-corrected chi connectivity index (χ4v) is 1.73. The second-order valence-corrected chi connectivity index (χ2v) is 4.17. The predicted molar refractivity (Wildman–Crippen MR) is 74.4 cm³/mol. The lowest BCUT2D eigenvalue weighted by atomic mass is 10.3. The van der Waals surface area contributed by atoms with Gasteiger partial charge in [0.15, 0.2) is 0 Å². The monoisotopic (exact) mass is 261 g/mol. The first-order valence-corrected chi connectivity index (χ1v) is 6.47. The van der Waals surface area contributed by atoms with E-state index in [1.165, 1.54) is 0 Å². The molecule has 19 heavy (non-hydrogen) atoms. The van der Waals surface area contributed by atoms with Crippen molar-refractivity contribution in [1.82, 2.24) is 0 Å². The molecule has 2 rings (SSSR count). The summed E-state index contributed by atoms with van der Waals surface area (Å²) in [7, 11) is 0. The number of anilines is 1. The SMILES string of the molecule is CCc1ccc(CNc2ccc(OCCO)cc2)o1. The number of rotatable bonds is 7. The maximum absolute atomic E-state index is 8.67. The van der Waals surface area contributed by atoms with Crippen LogP contribution in [0.4, 0.5) is 5.69 Å². The van der Waals surface area contributed by atoms with Crippen LogP contribution in [0.5, 0.6) is 5.75 Å². The smallest absolute Gasteiger partial charge is 0.123 e. The maximum atomic E-state index is 8.67. The van der Waals surface area contributed by atoms with Gasteiger partial charge in [-0.2, -0.15) is 0 Å². The Morgan fingerprint density at radius 2 is 1.84 bits per heavy atom. The van der Waals surface area contributed by atoms with E-state index in [0.717, 1.165) is 29.4 Å². The van der Waals surface area contributed by atoms with Crippen LogP contribution in [0, 0.1) is 0 Å². The highest BCUT2D eigenvalue weighted by Gasteiger charge is 2.00. The molecule has 0 bridgehead atoms. The van der Waals surface area contributed by atoms with Gasteiger partial charge in [-0.3, -0.25) is 0 Å². The number of hydrogen-bond donors (Lipinski definition) is 2. The summed E-state index contributed by atoms with van der Waals surface area (Å²) in [6, 6.07) is 11.6. The Hall–Kier alpha value is -1.94. The van der Waals surface area contributed by atoms with Crippen molar-refractivity contribution in [1.29, 1.82) is 0 Å². The van der Waals surface area contributed by atoms with Crippen molar-refractivity contribution in [3.8, 4) is 5.75 Å². The Bertz CT molecular complexity index is 490. The zero-order chi connectivity index (χ0) is 13.5. The van der Waals surface area contributed by atoms with Gasteiger partial charge in [0, 0.05) is 12.1 Å². The van der Waals surface area contributed by atoms with Crippen LogP contribution in [0.25, 0.3) is 0 Å². The van der Waals surface area contributed by atoms with Crippen LogP contribution < -0.4 is 10.1 Å². The first-order valence-electron chi connectivity index (χ1n) is 6.47. The number of aliphatic hydroxyl groups is 1. The fraction of sp³-hybridized carbons (Fsp3) is 0.333. The molecule has 0 unspecified atom stereocenters. The number of hydrogen-bond acceptors (Lipinski definition) is 4. The topological polar surface area (TPSA) is 54.6 Å². The zero-order valence-corrected chi connectivity index (χ0v) is 11.1. The quantitative estimate of drug-likeness (QED) is 0.804. The van der Waals surface area contributed by atoms with E-state index in [-0.39, 0.29) is 6.61 Å². The highest BCUT2D eigenvalue weighted by atomic mass is 16.5. The van der Waals surface area contributed by atoms with Crippen LogP contribution in [0.2, 0.25) is 0 Å². The van der Waals surface area contributed by atoms with Gasteiger partial charge < -0.3 is 19.6 Å². The van der Waals surface area contributed by atoms with E-state index in [2.05, 4.69) is 12.2 Å². The number of aryl methyl sites for hydroxylation is 1. The minimum Gasteiger partial charge on any atom is -0.491 e. The van der Waals surface area contributed by atoms with E-state index in [1.807, 2.05) is 36.4 Å². The van der Waals surface area contributed by atoms with Crippen molar-refractivity contribution in [3.63, 3.8) is 0 Å². The van der Waals surface area contributed by atoms with Crippen LogP contribution in [0.1, 0.15) is 18.4 Å². The van der Waals surface area contributed by atoms with Gasteiger partial charge >= 0.3 is 0 Å². The van der Waals surface area contributed by atoms with Gasteiger partial charge in [-0.25, -0.2) is 0 Å². The van der Waals surface area contributed by atoms with Gasteiger partial charge in [-0.05, 0) is 36.4 Å². The third-order valence-corrected chi connectivity index (χ3v) is 2.75. The Morgan fingerprint density at radius 3 is 2.47 bits per heavy atom. The van der Waals surface area contributed by atoms with Crippen LogP contribution in [0.15, 0.2) is 40.8 Å². The molecule has 0 spiro atoms. The van der Waals surface area contributed by atoms with Gasteiger partial charge in [0.2, 0.25) is 0 Å². The molecule has 0 aliphatic rings. The van der Waals surface area contributed by atoms with Gasteiger partial charge in [0.1, 0.15) is 23.9 Å². The zero-order valence-electron chi connectivity index (χ0n) is 11.1. The Labute approximate surface area is 113 Å². The Kier molecular flexibility index (Phi) is 4.86. The molecule has 1 aromatic carbocycles. The minimum absolute atomic E-state index is 0.0260. The Balaban J connectivity index is 1.85. The molecule has 4 heteroatoms. The third-order valence-electron chi connectivity index (χ3n) is 2.75. The molecule has 1 aromatic heterocycles. The summed E-state index contributed by atoms with van der Waals surface area (Å²) >= 11 is 0. The molecule has 0 amide bonds. The van der Waals surface area contributed by atoms with Crippen molar-refractivity contribution in [2.45, 2.75) is 19.9 Å². The molecule has 0 aliphatic carbocycles. The lowest BCUT2D eigenvalue weighted by Gasteiger charge is -2.07. The van der Waals surface area contributed by atoms with Crippen molar-refractivity contribution >= 4 is 5.69 Å². The minimum atomic E-state index is 0.0260. The number of benzene rings is 1. The molecule has 0 saturated heterocycles. The average molecular weight is 261 g/mol. The van der Waals surface area contributed by atoms with E-state index in [4.69, 9.17) is 14.3 Å². The van der Waals surface area contributed by atoms with Gasteiger partial charge in [-0.15, -0.1) is 0 Å². The predicted octanol–water partition coefficient (Wildman–Crippen LogP) is 2.83. The van der Waals surface area contributed by atoms with Crippen LogP contribution in [0.3, 0.4) is 0 Å². The molecular weight excluding hydrogens is 242 g/mol. The highest BCUT2D eigenvalue weighted by molar-refractivity contribution is 5.46. The molecule has 0 atom stereocenters.